The lowest BCUT2D eigenvalue weighted by Crippen LogP contribution is -2.33. The largest absolute Gasteiger partial charge is 0.473 e. The number of ketones is 1. The fraction of sp³-hybridized carbons (Fsp3) is 0.440. The van der Waals surface area contributed by atoms with Gasteiger partial charge >= 0.3 is 0 Å². The molecule has 0 saturated carbocycles. The summed E-state index contributed by atoms with van der Waals surface area (Å²) in [4.78, 5) is 18.7. The van der Waals surface area contributed by atoms with Crippen LogP contribution in [0.5, 0.6) is 0 Å². The monoisotopic (exact) mass is 390 g/mol. The zero-order valence-corrected chi connectivity index (χ0v) is 17.1. The lowest BCUT2D eigenvalue weighted by molar-refractivity contribution is -0.114. The molecule has 1 fully saturated rings. The fourth-order valence-electron chi connectivity index (χ4n) is 4.33. The summed E-state index contributed by atoms with van der Waals surface area (Å²) in [6.07, 6.45) is 5.11. The molecule has 29 heavy (non-hydrogen) atoms. The van der Waals surface area contributed by atoms with Crippen molar-refractivity contribution < 1.29 is 9.53 Å². The second-order valence-corrected chi connectivity index (χ2v) is 8.14. The molecule has 0 amide bonds. The number of carbonyl (C=O) groups excluding carboxylic acids is 1. The normalized spacial score (nSPS) is 17.7. The smallest absolute Gasteiger partial charge is 0.253 e. The van der Waals surface area contributed by atoms with Crippen LogP contribution in [0.1, 0.15) is 37.7 Å². The molecule has 0 radical (unpaired) electrons. The highest BCUT2D eigenvalue weighted by Crippen LogP contribution is 2.25. The van der Waals surface area contributed by atoms with Gasteiger partial charge in [0.2, 0.25) is 5.78 Å². The van der Waals surface area contributed by atoms with Gasteiger partial charge in [0.1, 0.15) is 6.61 Å². The number of hydrogen-bond donors (Lipinski definition) is 0. The summed E-state index contributed by atoms with van der Waals surface area (Å²) < 4.78 is 5.26. The molecule has 152 valence electrons. The zero-order chi connectivity index (χ0) is 19.9. The number of Topliss-reactive ketones (excluding diaryl/α,β-unsaturated/α-hetero) is 1. The number of likely N-dealkylation sites (tertiary alicyclic amines) is 1. The van der Waals surface area contributed by atoms with Gasteiger partial charge in [-0.25, -0.2) is 4.99 Å². The van der Waals surface area contributed by atoms with E-state index in [9.17, 15) is 4.79 Å². The Bertz CT molecular complexity index is 839. The first-order chi connectivity index (χ1) is 14.3. The lowest BCUT2D eigenvalue weighted by atomic mass is 9.91. The van der Waals surface area contributed by atoms with Crippen LogP contribution in [0.2, 0.25) is 0 Å². The molecule has 4 rings (SSSR count). The van der Waals surface area contributed by atoms with Crippen LogP contribution in [-0.2, 0) is 16.1 Å². The van der Waals surface area contributed by atoms with Crippen molar-refractivity contribution in [1.82, 2.24) is 4.90 Å². The van der Waals surface area contributed by atoms with E-state index >= 15 is 0 Å². The molecule has 0 atom stereocenters. The Hall–Kier alpha value is -2.46. The molecule has 4 nitrogen and oxygen atoms in total. The zero-order valence-electron chi connectivity index (χ0n) is 17.1. The maximum absolute atomic E-state index is 12.0. The Morgan fingerprint density at radius 3 is 2.59 bits per heavy atom. The number of carbonyl (C=O) groups is 1. The van der Waals surface area contributed by atoms with E-state index in [1.165, 1.54) is 29.5 Å². The number of hydrogen-bond acceptors (Lipinski definition) is 4. The number of benzene rings is 2. The maximum atomic E-state index is 12.0. The summed E-state index contributed by atoms with van der Waals surface area (Å²) in [5.41, 5.74) is 3.95. The molecule has 1 saturated heterocycles. The van der Waals surface area contributed by atoms with Gasteiger partial charge < -0.3 is 4.74 Å². The summed E-state index contributed by atoms with van der Waals surface area (Å²) in [6.45, 7) is 4.50. The molecule has 0 aliphatic carbocycles. The quantitative estimate of drug-likeness (QED) is 0.654. The SMILES string of the molecule is O=C(CCCC1CCN(Cc2cccc(-c3ccccc3)c2)CC1)C1=NCCO1. The van der Waals surface area contributed by atoms with E-state index in [1.54, 1.807) is 0 Å². The maximum Gasteiger partial charge on any atom is 0.253 e. The van der Waals surface area contributed by atoms with Gasteiger partial charge in [0.25, 0.3) is 5.90 Å². The van der Waals surface area contributed by atoms with E-state index in [-0.39, 0.29) is 5.78 Å². The molecule has 2 aliphatic rings. The molecular weight excluding hydrogens is 360 g/mol. The Morgan fingerprint density at radius 2 is 1.83 bits per heavy atom. The minimum Gasteiger partial charge on any atom is -0.473 e. The summed E-state index contributed by atoms with van der Waals surface area (Å²) in [6, 6.07) is 19.5. The van der Waals surface area contributed by atoms with E-state index < -0.39 is 0 Å². The Labute approximate surface area is 173 Å². The second kappa shape index (κ2) is 9.84. The van der Waals surface area contributed by atoms with Crippen LogP contribution < -0.4 is 0 Å². The van der Waals surface area contributed by atoms with Crippen molar-refractivity contribution in [1.29, 1.82) is 0 Å². The summed E-state index contributed by atoms with van der Waals surface area (Å²) in [5.74, 6) is 1.18. The van der Waals surface area contributed by atoms with Gasteiger partial charge in [-0.1, -0.05) is 48.5 Å². The number of piperidine rings is 1. The summed E-state index contributed by atoms with van der Waals surface area (Å²) in [7, 11) is 0. The second-order valence-electron chi connectivity index (χ2n) is 8.14. The van der Waals surface area contributed by atoms with Crippen molar-refractivity contribution in [2.45, 2.75) is 38.6 Å². The molecule has 0 N–H and O–H groups in total. The highest BCUT2D eigenvalue weighted by Gasteiger charge is 2.21. The molecule has 2 aromatic carbocycles. The van der Waals surface area contributed by atoms with Crippen LogP contribution in [0.15, 0.2) is 59.6 Å². The Kier molecular flexibility index (Phi) is 6.73. The molecule has 2 aromatic rings. The standard InChI is InChI=1S/C25H30N2O2/c28-24(25-26-14-17-29-25)11-5-6-20-12-15-27(16-13-20)19-21-7-4-10-23(18-21)22-8-2-1-3-9-22/h1-4,7-10,18,20H,5-6,11-17,19H2. The molecular formula is C25H30N2O2. The Morgan fingerprint density at radius 1 is 1.03 bits per heavy atom. The highest BCUT2D eigenvalue weighted by molar-refractivity contribution is 6.36. The van der Waals surface area contributed by atoms with Crippen LogP contribution in [0.4, 0.5) is 0 Å². The van der Waals surface area contributed by atoms with Gasteiger partial charge in [-0.3, -0.25) is 9.69 Å². The molecule has 2 aliphatic heterocycles. The third-order valence-corrected chi connectivity index (χ3v) is 5.99. The van der Waals surface area contributed by atoms with Crippen LogP contribution in [0.3, 0.4) is 0 Å². The minimum absolute atomic E-state index is 0.0817. The fourth-order valence-corrected chi connectivity index (χ4v) is 4.33. The third kappa shape index (κ3) is 5.54. The van der Waals surface area contributed by atoms with Gasteiger partial charge in [0.15, 0.2) is 0 Å². The average Bonchev–Trinajstić information content (AvgIpc) is 3.31. The van der Waals surface area contributed by atoms with Crippen LogP contribution in [0, 0.1) is 5.92 Å². The van der Waals surface area contributed by atoms with Crippen molar-refractivity contribution in [2.24, 2.45) is 10.9 Å². The average molecular weight is 391 g/mol. The summed E-state index contributed by atoms with van der Waals surface area (Å²) in [5, 5.41) is 0. The van der Waals surface area contributed by atoms with Crippen LogP contribution >= 0.6 is 0 Å². The van der Waals surface area contributed by atoms with Crippen LogP contribution in [0.25, 0.3) is 11.1 Å². The van der Waals surface area contributed by atoms with Crippen LogP contribution in [-0.4, -0.2) is 42.8 Å². The van der Waals surface area contributed by atoms with Gasteiger partial charge in [-0.15, -0.1) is 0 Å². The predicted octanol–water partition coefficient (Wildman–Crippen LogP) is 4.73. The van der Waals surface area contributed by atoms with E-state index in [0.717, 1.165) is 38.4 Å². The van der Waals surface area contributed by atoms with Gasteiger partial charge in [0.05, 0.1) is 6.54 Å². The first-order valence-electron chi connectivity index (χ1n) is 10.8. The first kappa shape index (κ1) is 19.8. The molecule has 2 heterocycles. The van der Waals surface area contributed by atoms with E-state index in [0.29, 0.717) is 25.5 Å². The van der Waals surface area contributed by atoms with Crippen molar-refractivity contribution >= 4 is 11.7 Å². The van der Waals surface area contributed by atoms with E-state index in [1.807, 2.05) is 0 Å². The summed E-state index contributed by atoms with van der Waals surface area (Å²) >= 11 is 0. The predicted molar refractivity (Wildman–Crippen MR) is 117 cm³/mol. The molecule has 4 heteroatoms. The topological polar surface area (TPSA) is 41.9 Å². The highest BCUT2D eigenvalue weighted by atomic mass is 16.5. The third-order valence-electron chi connectivity index (χ3n) is 5.99. The molecule has 0 aromatic heterocycles. The van der Waals surface area contributed by atoms with Crippen molar-refractivity contribution in [3.8, 4) is 11.1 Å². The van der Waals surface area contributed by atoms with Crippen molar-refractivity contribution in [3.05, 3.63) is 60.2 Å². The lowest BCUT2D eigenvalue weighted by Gasteiger charge is -2.32. The van der Waals surface area contributed by atoms with E-state index in [4.69, 9.17) is 4.74 Å². The van der Waals surface area contributed by atoms with Crippen molar-refractivity contribution in [2.75, 3.05) is 26.2 Å². The minimum atomic E-state index is 0.0817. The molecule has 0 bridgehead atoms. The van der Waals surface area contributed by atoms with Crippen molar-refractivity contribution in [3.63, 3.8) is 0 Å². The Balaban J connectivity index is 1.21. The van der Waals surface area contributed by atoms with E-state index in [2.05, 4.69) is 64.5 Å². The molecule has 0 spiro atoms. The molecule has 0 unspecified atom stereocenters. The number of ether oxygens (including phenoxy) is 1. The van der Waals surface area contributed by atoms with Gasteiger partial charge in [-0.05, 0) is 67.4 Å². The first-order valence-corrected chi connectivity index (χ1v) is 10.8. The number of rotatable bonds is 8. The van der Waals surface area contributed by atoms with Gasteiger partial charge in [-0.2, -0.15) is 0 Å². The number of aliphatic imine (C=N–C) groups is 1. The number of nitrogens with zero attached hydrogens (tertiary/aromatic N) is 2. The van der Waals surface area contributed by atoms with Gasteiger partial charge in [0, 0.05) is 13.0 Å².